The number of benzene rings is 1. The molecule has 1 aromatic carbocycles. The molecular formula is C16H18ClFN2O. The molecule has 0 aliphatic rings. The zero-order chi connectivity index (χ0) is 15.2. The zero-order valence-corrected chi connectivity index (χ0v) is 12.9. The number of aryl methyl sites for hydroxylation is 1. The van der Waals surface area contributed by atoms with E-state index in [4.69, 9.17) is 16.3 Å². The Bertz CT molecular complexity index is 619. The van der Waals surface area contributed by atoms with Crippen molar-refractivity contribution in [2.75, 3.05) is 6.54 Å². The van der Waals surface area contributed by atoms with E-state index in [9.17, 15) is 4.39 Å². The molecule has 3 nitrogen and oxygen atoms in total. The van der Waals surface area contributed by atoms with Crippen molar-refractivity contribution in [1.82, 2.24) is 10.3 Å². The molecule has 0 bridgehead atoms. The van der Waals surface area contributed by atoms with E-state index in [2.05, 4.69) is 17.2 Å². The highest BCUT2D eigenvalue weighted by atomic mass is 35.5. The number of hydrogen-bond donors (Lipinski definition) is 1. The van der Waals surface area contributed by atoms with E-state index in [1.807, 2.05) is 19.1 Å². The monoisotopic (exact) mass is 308 g/mol. The van der Waals surface area contributed by atoms with E-state index >= 15 is 0 Å². The molecule has 0 fully saturated rings. The standard InChI is InChI=1S/C16H18ClFN2O/c1-3-6-19-9-12-8-13(18)10-20-16(12)21-15-7-11(2)4-5-14(15)17/h4-5,7-8,10,19H,3,6,9H2,1-2H3. The lowest BCUT2D eigenvalue weighted by Gasteiger charge is -2.12. The number of aromatic nitrogens is 1. The fraction of sp³-hybridized carbons (Fsp3) is 0.312. The molecule has 0 atom stereocenters. The van der Waals surface area contributed by atoms with Gasteiger partial charge in [0.05, 0.1) is 11.2 Å². The van der Waals surface area contributed by atoms with Crippen LogP contribution in [0.25, 0.3) is 0 Å². The van der Waals surface area contributed by atoms with E-state index in [1.165, 1.54) is 6.07 Å². The van der Waals surface area contributed by atoms with Gasteiger partial charge in [-0.25, -0.2) is 9.37 Å². The minimum atomic E-state index is -0.383. The van der Waals surface area contributed by atoms with Crippen molar-refractivity contribution in [3.8, 4) is 11.6 Å². The Labute approximate surface area is 129 Å². The molecule has 21 heavy (non-hydrogen) atoms. The number of ether oxygens (including phenoxy) is 1. The summed E-state index contributed by atoms with van der Waals surface area (Å²) >= 11 is 6.11. The quantitative estimate of drug-likeness (QED) is 0.799. The van der Waals surface area contributed by atoms with Gasteiger partial charge in [0.25, 0.3) is 0 Å². The lowest BCUT2D eigenvalue weighted by molar-refractivity contribution is 0.448. The van der Waals surface area contributed by atoms with Gasteiger partial charge in [-0.15, -0.1) is 0 Å². The normalized spacial score (nSPS) is 10.7. The van der Waals surface area contributed by atoms with E-state index in [0.717, 1.165) is 24.7 Å². The van der Waals surface area contributed by atoms with Crippen molar-refractivity contribution in [2.45, 2.75) is 26.8 Å². The van der Waals surface area contributed by atoms with Crippen molar-refractivity contribution < 1.29 is 9.13 Å². The summed E-state index contributed by atoms with van der Waals surface area (Å²) in [7, 11) is 0. The predicted octanol–water partition coefficient (Wildman–Crippen LogP) is 4.47. The van der Waals surface area contributed by atoms with Crippen LogP contribution in [0.5, 0.6) is 11.6 Å². The Morgan fingerprint density at radius 1 is 1.33 bits per heavy atom. The highest BCUT2D eigenvalue weighted by molar-refractivity contribution is 6.32. The number of rotatable bonds is 6. The molecule has 2 aromatic rings. The molecule has 0 unspecified atom stereocenters. The van der Waals surface area contributed by atoms with E-state index in [1.54, 1.807) is 6.07 Å². The molecule has 1 aromatic heterocycles. The van der Waals surface area contributed by atoms with Crippen molar-refractivity contribution in [2.24, 2.45) is 0 Å². The zero-order valence-electron chi connectivity index (χ0n) is 12.1. The third kappa shape index (κ3) is 4.41. The predicted molar refractivity (Wildman–Crippen MR) is 82.5 cm³/mol. The minimum absolute atomic E-state index is 0.368. The maximum atomic E-state index is 13.4. The summed E-state index contributed by atoms with van der Waals surface area (Å²) < 4.78 is 19.1. The van der Waals surface area contributed by atoms with Crippen LogP contribution < -0.4 is 10.1 Å². The van der Waals surface area contributed by atoms with Crippen molar-refractivity contribution in [3.05, 3.63) is 52.4 Å². The molecule has 0 spiro atoms. The first-order chi connectivity index (χ1) is 10.1. The van der Waals surface area contributed by atoms with E-state index < -0.39 is 0 Å². The summed E-state index contributed by atoms with van der Waals surface area (Å²) in [6.07, 6.45) is 2.14. The summed E-state index contributed by atoms with van der Waals surface area (Å²) in [5.74, 6) is 0.506. The number of halogens is 2. The third-order valence-electron chi connectivity index (χ3n) is 2.93. The second kappa shape index (κ2) is 7.38. The molecular weight excluding hydrogens is 291 g/mol. The second-order valence-corrected chi connectivity index (χ2v) is 5.24. The largest absolute Gasteiger partial charge is 0.437 e. The first kappa shape index (κ1) is 15.7. The van der Waals surface area contributed by atoms with Crippen LogP contribution in [0.3, 0.4) is 0 Å². The van der Waals surface area contributed by atoms with Crippen LogP contribution in [-0.4, -0.2) is 11.5 Å². The van der Waals surface area contributed by atoms with Crippen molar-refractivity contribution >= 4 is 11.6 Å². The summed E-state index contributed by atoms with van der Waals surface area (Å²) in [4.78, 5) is 4.03. The maximum absolute atomic E-state index is 13.4. The van der Waals surface area contributed by atoms with Crippen LogP contribution in [0.4, 0.5) is 4.39 Å². The molecule has 0 aliphatic heterocycles. The molecule has 112 valence electrons. The first-order valence-corrected chi connectivity index (χ1v) is 7.27. The first-order valence-electron chi connectivity index (χ1n) is 6.89. The topological polar surface area (TPSA) is 34.2 Å². The van der Waals surface area contributed by atoms with Gasteiger partial charge in [0, 0.05) is 12.1 Å². The van der Waals surface area contributed by atoms with Crippen LogP contribution in [0, 0.1) is 12.7 Å². The molecule has 1 heterocycles. The Morgan fingerprint density at radius 3 is 2.90 bits per heavy atom. The average molecular weight is 309 g/mol. The summed E-state index contributed by atoms with van der Waals surface area (Å²) in [5.41, 5.74) is 1.70. The third-order valence-corrected chi connectivity index (χ3v) is 3.24. The number of nitrogens with zero attached hydrogens (tertiary/aromatic N) is 1. The van der Waals surface area contributed by atoms with Crippen LogP contribution >= 0.6 is 11.6 Å². The summed E-state index contributed by atoms with van der Waals surface area (Å²) in [6, 6.07) is 6.92. The lowest BCUT2D eigenvalue weighted by Crippen LogP contribution is -2.15. The van der Waals surface area contributed by atoms with Gasteiger partial charge in [-0.2, -0.15) is 0 Å². The van der Waals surface area contributed by atoms with E-state index in [-0.39, 0.29) is 5.82 Å². The summed E-state index contributed by atoms with van der Waals surface area (Å²) in [6.45, 7) is 5.37. The Hall–Kier alpha value is -1.65. The van der Waals surface area contributed by atoms with Gasteiger partial charge in [0.2, 0.25) is 5.88 Å². The maximum Gasteiger partial charge on any atom is 0.223 e. The number of hydrogen-bond acceptors (Lipinski definition) is 3. The Morgan fingerprint density at radius 2 is 2.14 bits per heavy atom. The van der Waals surface area contributed by atoms with E-state index in [0.29, 0.717) is 28.8 Å². The van der Waals surface area contributed by atoms with Gasteiger partial charge in [-0.1, -0.05) is 24.6 Å². The number of pyridine rings is 1. The van der Waals surface area contributed by atoms with Crippen molar-refractivity contribution in [3.63, 3.8) is 0 Å². The second-order valence-electron chi connectivity index (χ2n) is 4.83. The Kier molecular flexibility index (Phi) is 5.53. The number of nitrogens with one attached hydrogen (secondary N) is 1. The highest BCUT2D eigenvalue weighted by Crippen LogP contribution is 2.31. The summed E-state index contributed by atoms with van der Waals surface area (Å²) in [5, 5.41) is 3.71. The van der Waals surface area contributed by atoms with Gasteiger partial charge in [-0.3, -0.25) is 0 Å². The molecule has 0 saturated heterocycles. The minimum Gasteiger partial charge on any atom is -0.437 e. The van der Waals surface area contributed by atoms with Crippen LogP contribution in [0.2, 0.25) is 5.02 Å². The fourth-order valence-corrected chi connectivity index (χ4v) is 2.04. The molecule has 0 amide bonds. The SMILES string of the molecule is CCCNCc1cc(F)cnc1Oc1cc(C)ccc1Cl. The molecule has 0 aliphatic carbocycles. The van der Waals surface area contributed by atoms with Gasteiger partial charge < -0.3 is 10.1 Å². The van der Waals surface area contributed by atoms with Gasteiger partial charge in [-0.05, 0) is 43.7 Å². The molecule has 2 rings (SSSR count). The van der Waals surface area contributed by atoms with Gasteiger partial charge in [0.1, 0.15) is 11.6 Å². The van der Waals surface area contributed by atoms with Crippen LogP contribution in [0.15, 0.2) is 30.5 Å². The van der Waals surface area contributed by atoms with Crippen LogP contribution in [-0.2, 0) is 6.54 Å². The highest BCUT2D eigenvalue weighted by Gasteiger charge is 2.10. The van der Waals surface area contributed by atoms with Gasteiger partial charge >= 0.3 is 0 Å². The average Bonchev–Trinajstić information content (AvgIpc) is 2.46. The Balaban J connectivity index is 2.24. The molecule has 0 saturated carbocycles. The van der Waals surface area contributed by atoms with Gasteiger partial charge in [0.15, 0.2) is 0 Å². The molecule has 0 radical (unpaired) electrons. The van der Waals surface area contributed by atoms with Crippen LogP contribution in [0.1, 0.15) is 24.5 Å². The fourth-order valence-electron chi connectivity index (χ4n) is 1.88. The smallest absolute Gasteiger partial charge is 0.223 e. The lowest BCUT2D eigenvalue weighted by atomic mass is 10.2. The molecule has 5 heteroatoms. The van der Waals surface area contributed by atoms with Crippen molar-refractivity contribution in [1.29, 1.82) is 0 Å². The molecule has 1 N–H and O–H groups in total.